The molecule has 1 aliphatic heterocycles. The molecule has 0 radical (unpaired) electrons. The van der Waals surface area contributed by atoms with Gasteiger partial charge in [0.1, 0.15) is 17.1 Å². The SMILES string of the molecule is CCc1ccc(C(=O)O)c(-c2c3ccc(=O)cc-3oc3cc(O)ccc23)c1. The summed E-state index contributed by atoms with van der Waals surface area (Å²) in [6.07, 6.45) is 0.755. The molecular formula is C22H16O5. The summed E-state index contributed by atoms with van der Waals surface area (Å²) in [6.45, 7) is 2.00. The van der Waals surface area contributed by atoms with Gasteiger partial charge in [-0.1, -0.05) is 19.1 Å². The van der Waals surface area contributed by atoms with E-state index < -0.39 is 5.97 Å². The Morgan fingerprint density at radius 3 is 2.56 bits per heavy atom. The van der Waals surface area contributed by atoms with Crippen molar-refractivity contribution in [1.29, 1.82) is 0 Å². The van der Waals surface area contributed by atoms with Crippen molar-refractivity contribution in [2.75, 3.05) is 0 Å². The largest absolute Gasteiger partial charge is 0.508 e. The standard InChI is InChI=1S/C22H16O5/c1-2-12-3-6-15(22(25)26)18(9-12)21-16-7-4-13(23)10-19(16)27-20-11-14(24)5-8-17(20)21/h3-11,23H,2H2,1H3,(H,25,26). The average molecular weight is 360 g/mol. The van der Waals surface area contributed by atoms with Gasteiger partial charge >= 0.3 is 5.97 Å². The third kappa shape index (κ3) is 2.83. The predicted molar refractivity (Wildman–Crippen MR) is 103 cm³/mol. The van der Waals surface area contributed by atoms with Gasteiger partial charge in [-0.25, -0.2) is 4.79 Å². The summed E-state index contributed by atoms with van der Waals surface area (Å²) in [5.41, 5.74) is 3.19. The van der Waals surface area contributed by atoms with Gasteiger partial charge in [-0.15, -0.1) is 0 Å². The Hall–Kier alpha value is -3.60. The average Bonchev–Trinajstić information content (AvgIpc) is 2.65. The van der Waals surface area contributed by atoms with Crippen LogP contribution < -0.4 is 5.43 Å². The number of hydrogen-bond donors (Lipinski definition) is 2. The molecule has 2 aliphatic rings. The first kappa shape index (κ1) is 16.8. The summed E-state index contributed by atoms with van der Waals surface area (Å²) in [4.78, 5) is 23.7. The van der Waals surface area contributed by atoms with E-state index >= 15 is 0 Å². The second kappa shape index (κ2) is 6.29. The van der Waals surface area contributed by atoms with Gasteiger partial charge in [0.05, 0.1) is 5.56 Å². The van der Waals surface area contributed by atoms with Crippen molar-refractivity contribution >= 4 is 16.9 Å². The van der Waals surface area contributed by atoms with Crippen molar-refractivity contribution < 1.29 is 19.4 Å². The number of aromatic carboxylic acids is 1. The summed E-state index contributed by atoms with van der Waals surface area (Å²) in [6, 6.07) is 14.4. The van der Waals surface area contributed by atoms with Crippen LogP contribution in [0.15, 0.2) is 63.8 Å². The normalized spacial score (nSPS) is 11.1. The number of benzene rings is 3. The maximum absolute atomic E-state index is 11.9. The molecule has 0 saturated heterocycles. The van der Waals surface area contributed by atoms with E-state index in [0.717, 1.165) is 12.0 Å². The van der Waals surface area contributed by atoms with Gasteiger partial charge in [0.2, 0.25) is 0 Å². The Morgan fingerprint density at radius 1 is 1.00 bits per heavy atom. The predicted octanol–water partition coefficient (Wildman–Crippen LogP) is 4.53. The molecule has 0 bridgehead atoms. The first-order valence-corrected chi connectivity index (χ1v) is 8.54. The van der Waals surface area contributed by atoms with Crippen LogP contribution in [0.2, 0.25) is 0 Å². The molecule has 0 saturated carbocycles. The maximum atomic E-state index is 11.9. The van der Waals surface area contributed by atoms with E-state index in [0.29, 0.717) is 33.4 Å². The van der Waals surface area contributed by atoms with Gasteiger partial charge in [0.25, 0.3) is 0 Å². The monoisotopic (exact) mass is 360 g/mol. The fraction of sp³-hybridized carbons (Fsp3) is 0.0909. The summed E-state index contributed by atoms with van der Waals surface area (Å²) in [5.74, 6) is -0.668. The van der Waals surface area contributed by atoms with E-state index in [9.17, 15) is 19.8 Å². The van der Waals surface area contributed by atoms with E-state index in [2.05, 4.69) is 0 Å². The Bertz CT molecular complexity index is 1220. The second-order valence-corrected chi connectivity index (χ2v) is 6.35. The molecular weight excluding hydrogens is 344 g/mol. The first-order valence-electron chi connectivity index (χ1n) is 8.54. The molecule has 2 aromatic rings. The molecule has 27 heavy (non-hydrogen) atoms. The quantitative estimate of drug-likeness (QED) is 0.524. The highest BCUT2D eigenvalue weighted by Gasteiger charge is 2.22. The lowest BCUT2D eigenvalue weighted by atomic mass is 9.89. The lowest BCUT2D eigenvalue weighted by Crippen LogP contribution is -2.04. The van der Waals surface area contributed by atoms with Crippen LogP contribution >= 0.6 is 0 Å². The lowest BCUT2D eigenvalue weighted by molar-refractivity contribution is 0.0697. The molecule has 2 aromatic carbocycles. The molecule has 134 valence electrons. The zero-order valence-corrected chi connectivity index (χ0v) is 14.5. The van der Waals surface area contributed by atoms with Crippen molar-refractivity contribution in [1.82, 2.24) is 0 Å². The number of phenolic OH excluding ortho intramolecular Hbond substituents is 1. The molecule has 5 heteroatoms. The fourth-order valence-corrected chi connectivity index (χ4v) is 3.35. The van der Waals surface area contributed by atoms with Crippen LogP contribution in [-0.4, -0.2) is 16.2 Å². The minimum atomic E-state index is -1.03. The summed E-state index contributed by atoms with van der Waals surface area (Å²) < 4.78 is 5.82. The number of carboxylic acid groups (broad SMARTS) is 1. The smallest absolute Gasteiger partial charge is 0.336 e. The molecule has 0 atom stereocenters. The highest BCUT2D eigenvalue weighted by molar-refractivity contribution is 6.07. The van der Waals surface area contributed by atoms with Crippen LogP contribution in [0.1, 0.15) is 22.8 Å². The van der Waals surface area contributed by atoms with E-state index in [1.54, 1.807) is 24.3 Å². The Morgan fingerprint density at radius 2 is 1.81 bits per heavy atom. The van der Waals surface area contributed by atoms with E-state index in [1.165, 1.54) is 24.3 Å². The van der Waals surface area contributed by atoms with E-state index in [1.807, 2.05) is 13.0 Å². The van der Waals surface area contributed by atoms with Gasteiger partial charge in [0, 0.05) is 28.6 Å². The minimum absolute atomic E-state index is 0.0237. The zero-order chi connectivity index (χ0) is 19.1. The number of carbonyl (C=O) groups is 1. The van der Waals surface area contributed by atoms with Crippen LogP contribution in [0, 0.1) is 0 Å². The van der Waals surface area contributed by atoms with Crippen LogP contribution in [0.5, 0.6) is 5.75 Å². The molecule has 0 fully saturated rings. The van der Waals surface area contributed by atoms with Gasteiger partial charge < -0.3 is 14.6 Å². The Kier molecular flexibility index (Phi) is 3.92. The number of hydrogen-bond acceptors (Lipinski definition) is 4. The summed E-state index contributed by atoms with van der Waals surface area (Å²) >= 11 is 0. The molecule has 2 N–H and O–H groups in total. The van der Waals surface area contributed by atoms with E-state index in [4.69, 9.17) is 4.42 Å². The van der Waals surface area contributed by atoms with Crippen molar-refractivity contribution in [2.45, 2.75) is 13.3 Å². The summed E-state index contributed by atoms with van der Waals surface area (Å²) in [7, 11) is 0. The first-order chi connectivity index (χ1) is 13.0. The van der Waals surface area contributed by atoms with Gasteiger partial charge in [-0.3, -0.25) is 4.79 Å². The van der Waals surface area contributed by atoms with Crippen molar-refractivity contribution in [3.63, 3.8) is 0 Å². The molecule has 1 aliphatic carbocycles. The zero-order valence-electron chi connectivity index (χ0n) is 14.5. The maximum Gasteiger partial charge on any atom is 0.336 e. The molecule has 0 spiro atoms. The highest BCUT2D eigenvalue weighted by atomic mass is 16.4. The van der Waals surface area contributed by atoms with E-state index in [-0.39, 0.29) is 16.7 Å². The van der Waals surface area contributed by atoms with Crippen molar-refractivity contribution in [3.05, 3.63) is 75.9 Å². The number of phenols is 1. The molecule has 0 amide bonds. The second-order valence-electron chi connectivity index (χ2n) is 6.35. The van der Waals surface area contributed by atoms with Crippen LogP contribution in [-0.2, 0) is 6.42 Å². The summed E-state index contributed by atoms with van der Waals surface area (Å²) in [5, 5.41) is 20.2. The van der Waals surface area contributed by atoms with Crippen LogP contribution in [0.3, 0.4) is 0 Å². The number of fused-ring (bicyclic) bond motifs is 2. The third-order valence-electron chi connectivity index (χ3n) is 4.67. The minimum Gasteiger partial charge on any atom is -0.508 e. The van der Waals surface area contributed by atoms with Crippen molar-refractivity contribution in [2.24, 2.45) is 0 Å². The lowest BCUT2D eigenvalue weighted by Gasteiger charge is -2.17. The third-order valence-corrected chi connectivity index (χ3v) is 4.67. The Labute approximate surface area is 154 Å². The molecule has 0 aromatic heterocycles. The van der Waals surface area contributed by atoms with Gasteiger partial charge in [0.15, 0.2) is 5.43 Å². The van der Waals surface area contributed by atoms with Crippen molar-refractivity contribution in [3.8, 4) is 28.2 Å². The molecule has 4 rings (SSSR count). The molecule has 5 nitrogen and oxygen atoms in total. The highest BCUT2D eigenvalue weighted by Crippen LogP contribution is 2.42. The topological polar surface area (TPSA) is 87.7 Å². The van der Waals surface area contributed by atoms with Crippen LogP contribution in [0.4, 0.5) is 0 Å². The number of aryl methyl sites for hydroxylation is 1. The number of aromatic hydroxyl groups is 1. The van der Waals surface area contributed by atoms with Crippen LogP contribution in [0.25, 0.3) is 33.4 Å². The molecule has 1 heterocycles. The van der Waals surface area contributed by atoms with Gasteiger partial charge in [-0.05, 0) is 47.9 Å². The number of carboxylic acids is 1. The number of rotatable bonds is 3. The Balaban J connectivity index is 2.21. The fourth-order valence-electron chi connectivity index (χ4n) is 3.35. The molecule has 0 unspecified atom stereocenters. The van der Waals surface area contributed by atoms with Gasteiger partial charge in [-0.2, -0.15) is 0 Å².